The van der Waals surface area contributed by atoms with Gasteiger partial charge < -0.3 is 14.9 Å². The smallest absolute Gasteiger partial charge is 0.320 e. The molecule has 0 aliphatic carbocycles. The third-order valence-electron chi connectivity index (χ3n) is 4.41. The first kappa shape index (κ1) is 17.8. The highest BCUT2D eigenvalue weighted by molar-refractivity contribution is 5.75. The van der Waals surface area contributed by atoms with E-state index in [1.165, 1.54) is 0 Å². The van der Waals surface area contributed by atoms with Gasteiger partial charge in [0.2, 0.25) is 0 Å². The second kappa shape index (κ2) is 8.25. The Balaban J connectivity index is 2.51. The first-order chi connectivity index (χ1) is 9.82. The fraction of sp³-hybridized carbons (Fsp3) is 0.875. The minimum atomic E-state index is -0.802. The number of likely N-dealkylation sites (tertiary alicyclic amines) is 1. The van der Waals surface area contributed by atoms with Gasteiger partial charge in [-0.05, 0) is 44.9 Å². The number of amides is 2. The Morgan fingerprint density at radius 2 is 1.76 bits per heavy atom. The second-order valence-electron chi connectivity index (χ2n) is 6.64. The van der Waals surface area contributed by atoms with Crippen molar-refractivity contribution in [1.29, 1.82) is 0 Å². The van der Waals surface area contributed by atoms with E-state index in [2.05, 4.69) is 13.8 Å². The molecule has 0 aromatic heterocycles. The lowest BCUT2D eigenvalue weighted by molar-refractivity contribution is -0.137. The van der Waals surface area contributed by atoms with Crippen LogP contribution in [0.5, 0.6) is 0 Å². The van der Waals surface area contributed by atoms with E-state index >= 15 is 0 Å². The standard InChI is InChI=1S/C16H30N2O3/c1-12(2)14-7-10-17(11-8-14)16(21)18(13(3)4)9-5-6-15(19)20/h12-14H,5-11H2,1-4H3,(H,19,20). The molecule has 0 aromatic carbocycles. The van der Waals surface area contributed by atoms with E-state index in [0.717, 1.165) is 25.9 Å². The van der Waals surface area contributed by atoms with Crippen molar-refractivity contribution in [3.8, 4) is 0 Å². The van der Waals surface area contributed by atoms with E-state index < -0.39 is 5.97 Å². The van der Waals surface area contributed by atoms with Crippen LogP contribution in [0.4, 0.5) is 4.79 Å². The van der Waals surface area contributed by atoms with Crippen LogP contribution in [0.25, 0.3) is 0 Å². The second-order valence-corrected chi connectivity index (χ2v) is 6.64. The van der Waals surface area contributed by atoms with Gasteiger partial charge in [-0.25, -0.2) is 4.79 Å². The van der Waals surface area contributed by atoms with Crippen molar-refractivity contribution in [3.05, 3.63) is 0 Å². The fourth-order valence-electron chi connectivity index (χ4n) is 2.91. The maximum absolute atomic E-state index is 12.6. The summed E-state index contributed by atoms with van der Waals surface area (Å²) in [5.74, 6) is 0.594. The van der Waals surface area contributed by atoms with Gasteiger partial charge in [0.25, 0.3) is 0 Å². The molecular weight excluding hydrogens is 268 g/mol. The van der Waals surface area contributed by atoms with Gasteiger partial charge in [-0.1, -0.05) is 13.8 Å². The summed E-state index contributed by atoms with van der Waals surface area (Å²) in [6, 6.07) is 0.173. The molecule has 0 saturated carbocycles. The Kier molecular flexibility index (Phi) is 6.99. The van der Waals surface area contributed by atoms with E-state index in [0.29, 0.717) is 24.8 Å². The lowest BCUT2D eigenvalue weighted by Crippen LogP contribution is -2.49. The molecule has 1 heterocycles. The average molecular weight is 298 g/mol. The molecular formula is C16H30N2O3. The predicted molar refractivity (Wildman–Crippen MR) is 83.2 cm³/mol. The van der Waals surface area contributed by atoms with Gasteiger partial charge in [-0.2, -0.15) is 0 Å². The zero-order valence-electron chi connectivity index (χ0n) is 13.8. The summed E-state index contributed by atoms with van der Waals surface area (Å²) >= 11 is 0. The number of carboxylic acid groups (broad SMARTS) is 1. The van der Waals surface area contributed by atoms with Crippen LogP contribution < -0.4 is 0 Å². The Morgan fingerprint density at radius 1 is 1.19 bits per heavy atom. The zero-order chi connectivity index (χ0) is 16.0. The molecule has 0 spiro atoms. The Hall–Kier alpha value is -1.26. The van der Waals surface area contributed by atoms with E-state index in [1.807, 2.05) is 18.7 Å². The molecule has 1 aliphatic rings. The van der Waals surface area contributed by atoms with Crippen LogP contribution in [0.2, 0.25) is 0 Å². The van der Waals surface area contributed by atoms with Crippen LogP contribution in [-0.2, 0) is 4.79 Å². The summed E-state index contributed by atoms with van der Waals surface area (Å²) in [5.41, 5.74) is 0. The first-order valence-electron chi connectivity index (χ1n) is 8.10. The summed E-state index contributed by atoms with van der Waals surface area (Å²) in [6.07, 6.45) is 2.78. The molecule has 5 heteroatoms. The number of urea groups is 1. The molecule has 0 unspecified atom stereocenters. The first-order valence-corrected chi connectivity index (χ1v) is 8.10. The Bertz CT molecular complexity index is 347. The number of hydrogen-bond acceptors (Lipinski definition) is 2. The molecule has 1 aliphatic heterocycles. The number of carbonyl (C=O) groups is 2. The molecule has 1 saturated heterocycles. The number of nitrogens with zero attached hydrogens (tertiary/aromatic N) is 2. The van der Waals surface area contributed by atoms with Gasteiger partial charge in [0, 0.05) is 32.1 Å². The normalized spacial score (nSPS) is 16.6. The highest BCUT2D eigenvalue weighted by Crippen LogP contribution is 2.25. The van der Waals surface area contributed by atoms with Gasteiger partial charge in [-0.15, -0.1) is 0 Å². The molecule has 0 aromatic rings. The van der Waals surface area contributed by atoms with Gasteiger partial charge in [0.05, 0.1) is 0 Å². The van der Waals surface area contributed by atoms with Gasteiger partial charge in [-0.3, -0.25) is 4.79 Å². The molecule has 0 atom stereocenters. The quantitative estimate of drug-likeness (QED) is 0.820. The van der Waals surface area contributed by atoms with E-state index in [4.69, 9.17) is 5.11 Å². The topological polar surface area (TPSA) is 60.9 Å². The minimum absolute atomic E-state index is 0.0672. The number of aliphatic carboxylic acids is 1. The number of piperidine rings is 1. The Labute approximate surface area is 128 Å². The lowest BCUT2D eigenvalue weighted by Gasteiger charge is -2.38. The van der Waals surface area contributed by atoms with Crippen molar-refractivity contribution < 1.29 is 14.7 Å². The van der Waals surface area contributed by atoms with Crippen molar-refractivity contribution in [2.24, 2.45) is 11.8 Å². The minimum Gasteiger partial charge on any atom is -0.481 e. The maximum atomic E-state index is 12.6. The van der Waals surface area contributed by atoms with Gasteiger partial charge in [0.15, 0.2) is 0 Å². The third kappa shape index (κ3) is 5.56. The average Bonchev–Trinajstić information content (AvgIpc) is 2.42. The largest absolute Gasteiger partial charge is 0.481 e. The fourth-order valence-corrected chi connectivity index (χ4v) is 2.91. The summed E-state index contributed by atoms with van der Waals surface area (Å²) in [4.78, 5) is 26.9. The summed E-state index contributed by atoms with van der Waals surface area (Å²) in [5, 5.41) is 8.72. The van der Waals surface area contributed by atoms with Crippen molar-refractivity contribution in [2.75, 3.05) is 19.6 Å². The van der Waals surface area contributed by atoms with E-state index in [-0.39, 0.29) is 18.5 Å². The highest BCUT2D eigenvalue weighted by atomic mass is 16.4. The zero-order valence-corrected chi connectivity index (χ0v) is 13.8. The number of hydrogen-bond donors (Lipinski definition) is 1. The Morgan fingerprint density at radius 3 is 2.19 bits per heavy atom. The molecule has 0 radical (unpaired) electrons. The molecule has 1 N–H and O–H groups in total. The molecule has 122 valence electrons. The van der Waals surface area contributed by atoms with Crippen molar-refractivity contribution in [2.45, 2.75) is 59.4 Å². The summed E-state index contributed by atoms with van der Waals surface area (Å²) < 4.78 is 0. The van der Waals surface area contributed by atoms with Crippen molar-refractivity contribution in [1.82, 2.24) is 9.80 Å². The van der Waals surface area contributed by atoms with Crippen LogP contribution in [-0.4, -0.2) is 52.6 Å². The number of rotatable bonds is 6. The molecule has 1 rings (SSSR count). The highest BCUT2D eigenvalue weighted by Gasteiger charge is 2.28. The number of carbonyl (C=O) groups excluding carboxylic acids is 1. The molecule has 0 bridgehead atoms. The molecule has 2 amide bonds. The van der Waals surface area contributed by atoms with Crippen LogP contribution in [0.15, 0.2) is 0 Å². The summed E-state index contributed by atoms with van der Waals surface area (Å²) in [6.45, 7) is 10.6. The molecule has 5 nitrogen and oxygen atoms in total. The van der Waals surface area contributed by atoms with Gasteiger partial charge >= 0.3 is 12.0 Å². The van der Waals surface area contributed by atoms with Crippen LogP contribution in [0.1, 0.15) is 53.4 Å². The SMILES string of the molecule is CC(C)C1CCN(C(=O)N(CCCC(=O)O)C(C)C)CC1. The molecule has 21 heavy (non-hydrogen) atoms. The number of carboxylic acids is 1. The van der Waals surface area contributed by atoms with E-state index in [9.17, 15) is 9.59 Å². The van der Waals surface area contributed by atoms with E-state index in [1.54, 1.807) is 4.90 Å². The van der Waals surface area contributed by atoms with Crippen LogP contribution in [0, 0.1) is 11.8 Å². The lowest BCUT2D eigenvalue weighted by atomic mass is 9.87. The summed E-state index contributed by atoms with van der Waals surface area (Å²) in [7, 11) is 0. The third-order valence-corrected chi connectivity index (χ3v) is 4.41. The maximum Gasteiger partial charge on any atom is 0.320 e. The molecule has 1 fully saturated rings. The predicted octanol–water partition coefficient (Wildman–Crippen LogP) is 3.05. The van der Waals surface area contributed by atoms with Crippen LogP contribution in [0.3, 0.4) is 0 Å². The van der Waals surface area contributed by atoms with Crippen LogP contribution >= 0.6 is 0 Å². The monoisotopic (exact) mass is 298 g/mol. The van der Waals surface area contributed by atoms with Crippen molar-refractivity contribution in [3.63, 3.8) is 0 Å². The van der Waals surface area contributed by atoms with Crippen molar-refractivity contribution >= 4 is 12.0 Å². The van der Waals surface area contributed by atoms with Gasteiger partial charge in [0.1, 0.15) is 0 Å².